The van der Waals surface area contributed by atoms with Crippen LogP contribution < -0.4 is 113 Å². The second-order valence-corrected chi connectivity index (χ2v) is 8.19. The fraction of sp³-hybridized carbons (Fsp3) is 0.364. The fourth-order valence-electron chi connectivity index (χ4n) is 4.31. The van der Waals surface area contributed by atoms with Gasteiger partial charge in [-0.15, -0.1) is 0 Å². The van der Waals surface area contributed by atoms with Gasteiger partial charge in [0.25, 0.3) is 0 Å². The van der Waals surface area contributed by atoms with E-state index >= 15 is 0 Å². The molecule has 2 atom stereocenters. The quantitative estimate of drug-likeness (QED) is 0.415. The molecule has 30 heavy (non-hydrogen) atoms. The molecular formula is C22H26K2N2O4+2. The zero-order valence-corrected chi connectivity index (χ0v) is 24.7. The summed E-state index contributed by atoms with van der Waals surface area (Å²) in [6.45, 7) is 8.41. The number of carboxylic acid groups (broad SMARTS) is 2. The molecule has 0 saturated carbocycles. The van der Waals surface area contributed by atoms with E-state index in [1.165, 1.54) is 0 Å². The number of anilines is 2. The second kappa shape index (κ2) is 11.4. The molecule has 2 aromatic rings. The van der Waals surface area contributed by atoms with Crippen molar-refractivity contribution in [3.05, 3.63) is 59.2 Å². The summed E-state index contributed by atoms with van der Waals surface area (Å²) < 4.78 is 0. The van der Waals surface area contributed by atoms with Crippen molar-refractivity contribution in [3.63, 3.8) is 0 Å². The van der Waals surface area contributed by atoms with Gasteiger partial charge in [0, 0.05) is 17.1 Å². The maximum absolute atomic E-state index is 11.8. The standard InChI is InChI=1S/C22H26N2O4.2K/c1-12(2)18-22(3,4)19(23-16-11-6-5-8-13(16)20(25)26)14-9-7-10-15(21(27)28)17(14)24-18;;/h5-12,18-19,23-24H,1-4H3,(H,25,26)(H,27,28);;/q;2*+1. The van der Waals surface area contributed by atoms with Crippen LogP contribution in [0.5, 0.6) is 0 Å². The molecule has 0 saturated heterocycles. The Hall–Kier alpha value is 0.253. The summed E-state index contributed by atoms with van der Waals surface area (Å²) in [5.41, 5.74) is 2.03. The van der Waals surface area contributed by atoms with Gasteiger partial charge in [0.1, 0.15) is 0 Å². The number of para-hydroxylation sites is 2. The summed E-state index contributed by atoms with van der Waals surface area (Å²) in [6.07, 6.45) is 0. The SMILES string of the molecule is CC(C)C1Nc2c(C(=O)O)cccc2C(Nc2ccccc2C(=O)O)C1(C)C.[K+].[K+]. The van der Waals surface area contributed by atoms with E-state index in [1.54, 1.807) is 36.4 Å². The fourth-order valence-corrected chi connectivity index (χ4v) is 4.31. The number of hydrogen-bond acceptors (Lipinski definition) is 4. The van der Waals surface area contributed by atoms with Crippen molar-refractivity contribution in [2.75, 3.05) is 10.6 Å². The molecule has 4 N–H and O–H groups in total. The van der Waals surface area contributed by atoms with Crippen LogP contribution in [0.1, 0.15) is 60.0 Å². The van der Waals surface area contributed by atoms with E-state index in [0.717, 1.165) is 5.56 Å². The molecule has 0 amide bonds. The predicted octanol–water partition coefficient (Wildman–Crippen LogP) is -1.28. The minimum absolute atomic E-state index is 0. The van der Waals surface area contributed by atoms with Crippen LogP contribution in [0, 0.1) is 11.3 Å². The summed E-state index contributed by atoms with van der Waals surface area (Å²) in [5.74, 6) is -1.75. The zero-order valence-electron chi connectivity index (χ0n) is 18.5. The van der Waals surface area contributed by atoms with Crippen LogP contribution in [0.2, 0.25) is 0 Å². The molecule has 8 heteroatoms. The zero-order chi connectivity index (χ0) is 20.6. The summed E-state index contributed by atoms with van der Waals surface area (Å²) in [5, 5.41) is 26.1. The largest absolute Gasteiger partial charge is 1.00 e. The van der Waals surface area contributed by atoms with E-state index in [4.69, 9.17) is 0 Å². The number of carbonyl (C=O) groups is 2. The van der Waals surface area contributed by atoms with Crippen molar-refractivity contribution < 1.29 is 123 Å². The maximum Gasteiger partial charge on any atom is 1.00 e. The van der Waals surface area contributed by atoms with Gasteiger partial charge in [-0.05, 0) is 29.7 Å². The van der Waals surface area contributed by atoms with Crippen molar-refractivity contribution in [1.82, 2.24) is 0 Å². The van der Waals surface area contributed by atoms with E-state index < -0.39 is 11.9 Å². The second-order valence-electron chi connectivity index (χ2n) is 8.19. The van der Waals surface area contributed by atoms with Gasteiger partial charge in [0.05, 0.1) is 22.9 Å². The van der Waals surface area contributed by atoms with Crippen LogP contribution in [0.25, 0.3) is 0 Å². The van der Waals surface area contributed by atoms with E-state index in [2.05, 4.69) is 38.3 Å². The summed E-state index contributed by atoms with van der Waals surface area (Å²) >= 11 is 0. The molecule has 2 unspecified atom stereocenters. The Bertz CT molecular complexity index is 931. The Labute approximate surface area is 262 Å². The molecule has 0 radical (unpaired) electrons. The first-order valence-corrected chi connectivity index (χ1v) is 9.36. The Balaban J connectivity index is 0.00000225. The molecule has 0 fully saturated rings. The molecule has 3 rings (SSSR count). The van der Waals surface area contributed by atoms with Crippen LogP contribution in [0.15, 0.2) is 42.5 Å². The molecule has 0 bridgehead atoms. The third-order valence-electron chi connectivity index (χ3n) is 5.61. The van der Waals surface area contributed by atoms with Crippen molar-refractivity contribution in [2.24, 2.45) is 11.3 Å². The van der Waals surface area contributed by atoms with Gasteiger partial charge in [-0.3, -0.25) is 0 Å². The van der Waals surface area contributed by atoms with Crippen LogP contribution in [-0.4, -0.2) is 28.2 Å². The van der Waals surface area contributed by atoms with Crippen molar-refractivity contribution in [1.29, 1.82) is 0 Å². The maximum atomic E-state index is 11.8. The first-order valence-electron chi connectivity index (χ1n) is 9.36. The van der Waals surface area contributed by atoms with Gasteiger partial charge >= 0.3 is 115 Å². The number of fused-ring (bicyclic) bond motifs is 1. The van der Waals surface area contributed by atoms with Crippen LogP contribution >= 0.6 is 0 Å². The molecule has 0 aromatic heterocycles. The molecule has 6 nitrogen and oxygen atoms in total. The van der Waals surface area contributed by atoms with Gasteiger partial charge in [-0.25, -0.2) is 9.59 Å². The molecule has 1 aliphatic heterocycles. The Morgan fingerprint density at radius 1 is 0.967 bits per heavy atom. The van der Waals surface area contributed by atoms with Gasteiger partial charge in [0.2, 0.25) is 0 Å². The smallest absolute Gasteiger partial charge is 0.478 e. The van der Waals surface area contributed by atoms with Crippen molar-refractivity contribution in [2.45, 2.75) is 39.8 Å². The number of rotatable bonds is 5. The minimum Gasteiger partial charge on any atom is -0.478 e. The van der Waals surface area contributed by atoms with Gasteiger partial charge < -0.3 is 20.8 Å². The monoisotopic (exact) mass is 460 g/mol. The van der Waals surface area contributed by atoms with Gasteiger partial charge in [-0.1, -0.05) is 52.0 Å². The van der Waals surface area contributed by atoms with E-state index in [9.17, 15) is 19.8 Å². The van der Waals surface area contributed by atoms with Crippen LogP contribution in [0.3, 0.4) is 0 Å². The molecule has 2 aromatic carbocycles. The molecule has 1 aliphatic rings. The van der Waals surface area contributed by atoms with Crippen molar-refractivity contribution in [3.8, 4) is 0 Å². The minimum atomic E-state index is -1.00. The van der Waals surface area contributed by atoms with E-state index in [-0.39, 0.29) is 137 Å². The number of hydrogen-bond donors (Lipinski definition) is 4. The number of carboxylic acids is 2. The summed E-state index contributed by atoms with van der Waals surface area (Å²) in [4.78, 5) is 23.4. The van der Waals surface area contributed by atoms with E-state index in [1.807, 2.05) is 6.07 Å². The third-order valence-corrected chi connectivity index (χ3v) is 5.61. The number of benzene rings is 2. The van der Waals surface area contributed by atoms with Crippen LogP contribution in [-0.2, 0) is 0 Å². The Morgan fingerprint density at radius 3 is 2.10 bits per heavy atom. The van der Waals surface area contributed by atoms with Gasteiger partial charge in [-0.2, -0.15) is 0 Å². The molecule has 1 heterocycles. The van der Waals surface area contributed by atoms with Crippen LogP contribution in [0.4, 0.5) is 11.4 Å². The van der Waals surface area contributed by atoms with Crippen molar-refractivity contribution >= 4 is 23.3 Å². The Morgan fingerprint density at radius 2 is 1.53 bits per heavy atom. The summed E-state index contributed by atoms with van der Waals surface area (Å²) in [6, 6.07) is 11.7. The average molecular weight is 461 g/mol. The number of aromatic carboxylic acids is 2. The van der Waals surface area contributed by atoms with E-state index in [0.29, 0.717) is 11.4 Å². The van der Waals surface area contributed by atoms with Gasteiger partial charge in [0.15, 0.2) is 0 Å². The average Bonchev–Trinajstić information content (AvgIpc) is 2.62. The summed E-state index contributed by atoms with van der Waals surface area (Å²) in [7, 11) is 0. The first-order chi connectivity index (χ1) is 13.1. The first kappa shape index (κ1) is 28.3. The predicted molar refractivity (Wildman–Crippen MR) is 109 cm³/mol. The topological polar surface area (TPSA) is 98.7 Å². The Kier molecular flexibility index (Phi) is 10.8. The molecule has 0 spiro atoms. The third kappa shape index (κ3) is 5.59. The molecule has 148 valence electrons. The molecule has 0 aliphatic carbocycles. The molecular weight excluding hydrogens is 434 g/mol. The normalized spacial score (nSPS) is 18.8. The number of nitrogens with one attached hydrogen (secondary N) is 2.